The molecule has 0 saturated heterocycles. The first-order valence-corrected chi connectivity index (χ1v) is 8.93. The number of rotatable bonds is 5. The van der Waals surface area contributed by atoms with Gasteiger partial charge in [0.15, 0.2) is 0 Å². The van der Waals surface area contributed by atoms with Gasteiger partial charge < -0.3 is 0 Å². The summed E-state index contributed by atoms with van der Waals surface area (Å²) in [7, 11) is -3.41. The quantitative estimate of drug-likeness (QED) is 0.889. The van der Waals surface area contributed by atoms with Gasteiger partial charge in [0.2, 0.25) is 10.0 Å². The zero-order chi connectivity index (χ0) is 13.9. The molecule has 0 radical (unpaired) electrons. The fourth-order valence-electron chi connectivity index (χ4n) is 1.62. The highest BCUT2D eigenvalue weighted by Gasteiger charge is 2.13. The number of sulfonamides is 1. The van der Waals surface area contributed by atoms with E-state index in [0.29, 0.717) is 17.9 Å². The Balaban J connectivity index is 1.98. The van der Waals surface area contributed by atoms with Crippen LogP contribution in [0.5, 0.6) is 0 Å². The Hall–Kier alpha value is -0.690. The van der Waals surface area contributed by atoms with Gasteiger partial charge in [0.05, 0.1) is 8.68 Å². The summed E-state index contributed by atoms with van der Waals surface area (Å²) in [5.74, 6) is 0. The van der Waals surface area contributed by atoms with E-state index in [2.05, 4.69) is 20.7 Å². The normalized spacial score (nSPS) is 11.7. The topological polar surface area (TPSA) is 46.2 Å². The molecule has 2 aromatic rings. The minimum Gasteiger partial charge on any atom is -0.211 e. The van der Waals surface area contributed by atoms with E-state index in [1.54, 1.807) is 35.6 Å². The Labute approximate surface area is 125 Å². The molecule has 1 aromatic heterocycles. The molecule has 0 aliphatic carbocycles. The maximum absolute atomic E-state index is 12.0. The average molecular weight is 360 g/mol. The molecule has 6 heteroatoms. The monoisotopic (exact) mass is 359 g/mol. The summed E-state index contributed by atoms with van der Waals surface area (Å²) < 4.78 is 27.7. The average Bonchev–Trinajstić information content (AvgIpc) is 2.75. The van der Waals surface area contributed by atoms with Crippen LogP contribution in [-0.2, 0) is 16.4 Å². The van der Waals surface area contributed by atoms with Gasteiger partial charge in [0.1, 0.15) is 0 Å². The summed E-state index contributed by atoms with van der Waals surface area (Å²) in [5, 5.41) is 1.98. The van der Waals surface area contributed by atoms with Gasteiger partial charge in [-0.15, -0.1) is 11.3 Å². The highest BCUT2D eigenvalue weighted by Crippen LogP contribution is 2.23. The van der Waals surface area contributed by atoms with Crippen molar-refractivity contribution in [1.29, 1.82) is 0 Å². The van der Waals surface area contributed by atoms with Gasteiger partial charge in [-0.05, 0) is 58.4 Å². The van der Waals surface area contributed by atoms with Gasteiger partial charge in [-0.25, -0.2) is 13.1 Å². The van der Waals surface area contributed by atoms with Crippen molar-refractivity contribution in [3.05, 3.63) is 50.6 Å². The van der Waals surface area contributed by atoms with Crippen LogP contribution >= 0.6 is 27.3 Å². The molecule has 0 saturated carbocycles. The van der Waals surface area contributed by atoms with E-state index < -0.39 is 10.0 Å². The second-order valence-corrected chi connectivity index (χ2v) is 8.18. The molecule has 1 aromatic carbocycles. The van der Waals surface area contributed by atoms with E-state index in [9.17, 15) is 8.42 Å². The minimum atomic E-state index is -3.41. The molecule has 0 amide bonds. The Kier molecular flexibility index (Phi) is 4.78. The summed E-state index contributed by atoms with van der Waals surface area (Å²) >= 11 is 5.04. The first kappa shape index (κ1) is 14.7. The fraction of sp³-hybridized carbons (Fsp3) is 0.231. The van der Waals surface area contributed by atoms with Gasteiger partial charge in [-0.1, -0.05) is 17.7 Å². The molecule has 2 rings (SSSR count). The second-order valence-electron chi connectivity index (χ2n) is 4.18. The van der Waals surface area contributed by atoms with Gasteiger partial charge >= 0.3 is 0 Å². The van der Waals surface area contributed by atoms with E-state index >= 15 is 0 Å². The predicted octanol–water partition coefficient (Wildman–Crippen LogP) is 3.34. The maximum Gasteiger partial charge on any atom is 0.240 e. The Morgan fingerprint density at radius 3 is 2.47 bits per heavy atom. The Morgan fingerprint density at radius 2 is 1.89 bits per heavy atom. The molecular weight excluding hydrogens is 346 g/mol. The molecule has 1 heterocycles. The van der Waals surface area contributed by atoms with Crippen molar-refractivity contribution in [2.24, 2.45) is 0 Å². The van der Waals surface area contributed by atoms with Crippen LogP contribution in [0.25, 0.3) is 0 Å². The van der Waals surface area contributed by atoms with Crippen molar-refractivity contribution in [2.45, 2.75) is 18.2 Å². The highest BCUT2D eigenvalue weighted by atomic mass is 79.9. The van der Waals surface area contributed by atoms with Gasteiger partial charge in [-0.2, -0.15) is 0 Å². The lowest BCUT2D eigenvalue weighted by Crippen LogP contribution is -2.25. The van der Waals surface area contributed by atoms with Crippen molar-refractivity contribution < 1.29 is 8.42 Å². The standard InChI is InChI=1S/C13H14BrNO2S2/c1-10-2-4-12(5-3-10)19(16,17)15-8-6-11-7-9-18-13(11)14/h2-5,7,9,15H,6,8H2,1H3. The predicted molar refractivity (Wildman–Crippen MR) is 82.1 cm³/mol. The van der Waals surface area contributed by atoms with E-state index in [1.807, 2.05) is 18.4 Å². The number of hydrogen-bond acceptors (Lipinski definition) is 3. The molecule has 0 bridgehead atoms. The van der Waals surface area contributed by atoms with E-state index in [1.165, 1.54) is 0 Å². The third-order valence-electron chi connectivity index (χ3n) is 2.71. The molecule has 0 spiro atoms. The SMILES string of the molecule is Cc1ccc(S(=O)(=O)NCCc2ccsc2Br)cc1. The lowest BCUT2D eigenvalue weighted by molar-refractivity contribution is 0.581. The molecule has 0 atom stereocenters. The molecule has 1 N–H and O–H groups in total. The third-order valence-corrected chi connectivity index (χ3v) is 6.00. The van der Waals surface area contributed by atoms with Crippen molar-refractivity contribution in [3.8, 4) is 0 Å². The van der Waals surface area contributed by atoms with E-state index in [0.717, 1.165) is 14.9 Å². The number of aryl methyl sites for hydroxylation is 1. The number of nitrogens with one attached hydrogen (secondary N) is 1. The molecule has 0 aliphatic heterocycles. The van der Waals surface area contributed by atoms with Crippen LogP contribution < -0.4 is 4.72 Å². The van der Waals surface area contributed by atoms with E-state index in [-0.39, 0.29) is 0 Å². The lowest BCUT2D eigenvalue weighted by Gasteiger charge is -2.06. The second kappa shape index (κ2) is 6.17. The van der Waals surface area contributed by atoms with Gasteiger partial charge in [0.25, 0.3) is 0 Å². The molecule has 19 heavy (non-hydrogen) atoms. The number of benzene rings is 1. The zero-order valence-electron chi connectivity index (χ0n) is 10.4. The smallest absolute Gasteiger partial charge is 0.211 e. The van der Waals surface area contributed by atoms with Crippen LogP contribution in [0.15, 0.2) is 44.4 Å². The summed E-state index contributed by atoms with van der Waals surface area (Å²) in [5.41, 5.74) is 2.16. The lowest BCUT2D eigenvalue weighted by atomic mass is 10.2. The molecular formula is C13H14BrNO2S2. The number of halogens is 1. The van der Waals surface area contributed by atoms with Crippen LogP contribution in [0, 0.1) is 6.92 Å². The summed E-state index contributed by atoms with van der Waals surface area (Å²) in [6, 6.07) is 8.83. The first-order valence-electron chi connectivity index (χ1n) is 5.77. The molecule has 3 nitrogen and oxygen atoms in total. The van der Waals surface area contributed by atoms with Crippen LogP contribution in [0.2, 0.25) is 0 Å². The number of hydrogen-bond donors (Lipinski definition) is 1. The summed E-state index contributed by atoms with van der Waals surface area (Å²) in [6.45, 7) is 2.32. The van der Waals surface area contributed by atoms with Gasteiger partial charge in [0, 0.05) is 6.54 Å². The molecule has 102 valence electrons. The Morgan fingerprint density at radius 1 is 1.21 bits per heavy atom. The molecule has 0 fully saturated rings. The fourth-order valence-corrected chi connectivity index (χ4v) is 3.98. The summed E-state index contributed by atoms with van der Waals surface area (Å²) in [4.78, 5) is 0.308. The Bertz CT molecular complexity index is 648. The van der Waals surface area contributed by atoms with Crippen LogP contribution in [-0.4, -0.2) is 15.0 Å². The number of thiophene rings is 1. The van der Waals surface area contributed by atoms with Gasteiger partial charge in [-0.3, -0.25) is 0 Å². The van der Waals surface area contributed by atoms with E-state index in [4.69, 9.17) is 0 Å². The van der Waals surface area contributed by atoms with Crippen molar-refractivity contribution >= 4 is 37.3 Å². The zero-order valence-corrected chi connectivity index (χ0v) is 13.6. The largest absolute Gasteiger partial charge is 0.240 e. The van der Waals surface area contributed by atoms with Crippen LogP contribution in [0.4, 0.5) is 0 Å². The third kappa shape index (κ3) is 3.89. The van der Waals surface area contributed by atoms with Crippen molar-refractivity contribution in [3.63, 3.8) is 0 Å². The minimum absolute atomic E-state index is 0.308. The highest BCUT2D eigenvalue weighted by molar-refractivity contribution is 9.11. The maximum atomic E-state index is 12.0. The van der Waals surface area contributed by atoms with Crippen molar-refractivity contribution in [1.82, 2.24) is 4.72 Å². The molecule has 0 unspecified atom stereocenters. The van der Waals surface area contributed by atoms with Crippen molar-refractivity contribution in [2.75, 3.05) is 6.54 Å². The van der Waals surface area contributed by atoms with Crippen LogP contribution in [0.1, 0.15) is 11.1 Å². The molecule has 0 aliphatic rings. The summed E-state index contributed by atoms with van der Waals surface area (Å²) in [6.07, 6.45) is 0.676. The first-order chi connectivity index (χ1) is 8.99. The van der Waals surface area contributed by atoms with Crippen LogP contribution in [0.3, 0.4) is 0 Å².